The molecule has 6 aromatic carbocycles. The average molecular weight is 1330 g/mol. The Morgan fingerprint density at radius 3 is 1.51 bits per heavy atom. The van der Waals surface area contributed by atoms with Crippen LogP contribution in [-0.2, 0) is 4.79 Å². The molecule has 0 radical (unpaired) electrons. The van der Waals surface area contributed by atoms with Crippen molar-refractivity contribution < 1.29 is 33.8 Å². The highest BCUT2D eigenvalue weighted by Crippen LogP contribution is 2.30. The topological polar surface area (TPSA) is 181 Å². The number of carbonyl (C=O) groups excluding carboxylic acids is 3. The van der Waals surface area contributed by atoms with Crippen LogP contribution in [0.15, 0.2) is 114 Å². The SMILES string of the molecule is CCCNC(=O)c1ccc(F)cc1Nc1ccc(I)cc1C.Cc1cc(I)ccc1Nc1ccc(Br)cc1C(=O)NCCO.Cc1cc(I)ccc1Nc1ccc(Cl)cc1C(=O)NCC(=O)O. The molecule has 3 amide bonds. The van der Waals surface area contributed by atoms with Crippen molar-refractivity contribution in [2.45, 2.75) is 34.1 Å². The van der Waals surface area contributed by atoms with E-state index in [9.17, 15) is 23.6 Å². The lowest BCUT2D eigenvalue weighted by atomic mass is 10.1. The van der Waals surface area contributed by atoms with Gasteiger partial charge in [0.15, 0.2) is 0 Å². The number of rotatable bonds is 15. The molecule has 0 saturated heterocycles. The number of benzene rings is 6. The Kier molecular flexibility index (Phi) is 22.6. The minimum Gasteiger partial charge on any atom is -0.480 e. The predicted molar refractivity (Wildman–Crippen MR) is 296 cm³/mol. The molecule has 8 N–H and O–H groups in total. The average Bonchev–Trinajstić information content (AvgIpc) is 3.28. The molecule has 0 aliphatic carbocycles. The van der Waals surface area contributed by atoms with E-state index in [2.05, 4.69) is 122 Å². The van der Waals surface area contributed by atoms with Crippen molar-refractivity contribution in [3.63, 3.8) is 0 Å². The summed E-state index contributed by atoms with van der Waals surface area (Å²) in [6.45, 7) is 8.23. The molecule has 67 heavy (non-hydrogen) atoms. The van der Waals surface area contributed by atoms with E-state index in [-0.39, 0.29) is 36.3 Å². The molecule has 352 valence electrons. The van der Waals surface area contributed by atoms with Gasteiger partial charge in [0.25, 0.3) is 17.7 Å². The van der Waals surface area contributed by atoms with E-state index in [4.69, 9.17) is 21.8 Å². The third-order valence-electron chi connectivity index (χ3n) is 9.39. The number of aryl methyl sites for hydroxylation is 3. The van der Waals surface area contributed by atoms with Gasteiger partial charge < -0.3 is 42.1 Å². The number of aliphatic hydroxyl groups excluding tert-OH is 1. The smallest absolute Gasteiger partial charge is 0.322 e. The Morgan fingerprint density at radius 2 is 1.01 bits per heavy atom. The van der Waals surface area contributed by atoms with Gasteiger partial charge in [-0.05, 0) is 221 Å². The summed E-state index contributed by atoms with van der Waals surface area (Å²) in [7, 11) is 0. The van der Waals surface area contributed by atoms with Crippen LogP contribution in [0.4, 0.5) is 38.5 Å². The maximum absolute atomic E-state index is 13.6. The van der Waals surface area contributed by atoms with Gasteiger partial charge in [-0.25, -0.2) is 4.39 Å². The maximum Gasteiger partial charge on any atom is 0.322 e. The summed E-state index contributed by atoms with van der Waals surface area (Å²) < 4.78 is 17.8. The summed E-state index contributed by atoms with van der Waals surface area (Å²) in [4.78, 5) is 47.2. The highest BCUT2D eigenvalue weighted by atomic mass is 127. The van der Waals surface area contributed by atoms with Crippen molar-refractivity contribution >= 4 is 153 Å². The second-order valence-electron chi connectivity index (χ2n) is 14.6. The zero-order valence-electron chi connectivity index (χ0n) is 36.7. The first-order valence-corrected chi connectivity index (χ1v) is 24.9. The van der Waals surface area contributed by atoms with Crippen LogP contribution in [0.3, 0.4) is 0 Å². The zero-order chi connectivity index (χ0) is 49.2. The van der Waals surface area contributed by atoms with Gasteiger partial charge in [0.1, 0.15) is 12.4 Å². The molecule has 0 aromatic heterocycles. The van der Waals surface area contributed by atoms with Crippen LogP contribution < -0.4 is 31.9 Å². The lowest BCUT2D eigenvalue weighted by molar-refractivity contribution is -0.135. The fourth-order valence-electron chi connectivity index (χ4n) is 6.03. The molecule has 0 heterocycles. The monoisotopic (exact) mass is 1330 g/mol. The van der Waals surface area contributed by atoms with Crippen molar-refractivity contribution in [1.29, 1.82) is 0 Å². The quantitative estimate of drug-likeness (QED) is 0.0464. The van der Waals surface area contributed by atoms with Crippen molar-refractivity contribution in [3.05, 3.63) is 169 Å². The number of hydrogen-bond acceptors (Lipinski definition) is 8. The summed E-state index contributed by atoms with van der Waals surface area (Å²) in [5.74, 6) is -2.41. The largest absolute Gasteiger partial charge is 0.480 e. The first-order chi connectivity index (χ1) is 31.9. The number of aliphatic hydroxyl groups is 1. The summed E-state index contributed by atoms with van der Waals surface area (Å²) in [5, 5.41) is 35.4. The number of amides is 3. The van der Waals surface area contributed by atoms with Crippen LogP contribution in [0.25, 0.3) is 0 Å². The predicted octanol–water partition coefficient (Wildman–Crippen LogP) is 12.3. The summed E-state index contributed by atoms with van der Waals surface area (Å²) >= 11 is 16.1. The number of halogens is 6. The molecule has 6 rings (SSSR count). The molecule has 18 heteroatoms. The highest BCUT2D eigenvalue weighted by molar-refractivity contribution is 14.1. The van der Waals surface area contributed by atoms with Crippen molar-refractivity contribution in [2.24, 2.45) is 0 Å². The van der Waals surface area contributed by atoms with E-state index < -0.39 is 18.4 Å². The minimum absolute atomic E-state index is 0.0846. The van der Waals surface area contributed by atoms with E-state index in [1.807, 2.05) is 88.4 Å². The van der Waals surface area contributed by atoms with Crippen LogP contribution in [-0.4, -0.2) is 60.1 Å². The molecular weight excluding hydrogens is 1280 g/mol. The van der Waals surface area contributed by atoms with Crippen molar-refractivity contribution in [2.75, 3.05) is 42.2 Å². The number of carboxylic acid groups (broad SMARTS) is 1. The van der Waals surface area contributed by atoms with E-state index in [1.165, 1.54) is 24.3 Å². The fourth-order valence-corrected chi connectivity index (χ4v) is 8.51. The zero-order valence-corrected chi connectivity index (χ0v) is 45.5. The van der Waals surface area contributed by atoms with E-state index in [0.29, 0.717) is 34.1 Å². The summed E-state index contributed by atoms with van der Waals surface area (Å²) in [6.07, 6.45) is 0.853. The van der Waals surface area contributed by atoms with Crippen molar-refractivity contribution in [3.8, 4) is 0 Å². The molecule has 0 atom stereocenters. The van der Waals surface area contributed by atoms with Gasteiger partial charge >= 0.3 is 5.97 Å². The van der Waals surface area contributed by atoms with Gasteiger partial charge in [0, 0.05) is 50.4 Å². The van der Waals surface area contributed by atoms with E-state index in [1.54, 1.807) is 18.2 Å². The molecule has 0 fully saturated rings. The fraction of sp³-hybridized carbons (Fsp3) is 0.184. The van der Waals surface area contributed by atoms with Crippen LogP contribution in [0.1, 0.15) is 61.1 Å². The van der Waals surface area contributed by atoms with Gasteiger partial charge in [0.05, 0.1) is 40.4 Å². The molecule has 0 bridgehead atoms. The van der Waals surface area contributed by atoms with Gasteiger partial charge in [-0.3, -0.25) is 19.2 Å². The Bertz CT molecular complexity index is 2730. The maximum atomic E-state index is 13.6. The van der Waals surface area contributed by atoms with Crippen molar-refractivity contribution in [1.82, 2.24) is 16.0 Å². The van der Waals surface area contributed by atoms with Crippen LogP contribution in [0.2, 0.25) is 5.02 Å². The van der Waals surface area contributed by atoms with Crippen LogP contribution in [0.5, 0.6) is 0 Å². The third kappa shape index (κ3) is 17.8. The normalized spacial score (nSPS) is 10.3. The molecule has 6 aromatic rings. The number of carboxylic acids is 1. The summed E-state index contributed by atoms with van der Waals surface area (Å²) in [5.41, 5.74) is 8.86. The Hall–Kier alpha value is -4.55. The number of hydrogen-bond donors (Lipinski definition) is 8. The summed E-state index contributed by atoms with van der Waals surface area (Å²) in [6, 6.07) is 32.4. The Morgan fingerprint density at radius 1 is 0.567 bits per heavy atom. The van der Waals surface area contributed by atoms with Crippen LogP contribution in [0, 0.1) is 37.3 Å². The second-order valence-corrected chi connectivity index (χ2v) is 19.7. The third-order valence-corrected chi connectivity index (χ3v) is 12.1. The van der Waals surface area contributed by atoms with Gasteiger partial charge in [-0.2, -0.15) is 0 Å². The molecule has 0 aliphatic rings. The lowest BCUT2D eigenvalue weighted by Gasteiger charge is -2.14. The Labute approximate surface area is 443 Å². The first kappa shape index (κ1) is 55.0. The minimum atomic E-state index is -1.11. The molecule has 0 unspecified atom stereocenters. The molecular formula is C49H48BrClFI3N6O6. The van der Waals surface area contributed by atoms with Crippen LogP contribution >= 0.6 is 95.3 Å². The number of carbonyl (C=O) groups is 4. The van der Waals surface area contributed by atoms with Gasteiger partial charge in [-0.15, -0.1) is 0 Å². The van der Waals surface area contributed by atoms with Gasteiger partial charge in [0.2, 0.25) is 0 Å². The molecule has 12 nitrogen and oxygen atoms in total. The molecule has 0 spiro atoms. The number of anilines is 6. The first-order valence-electron chi connectivity index (χ1n) is 20.5. The molecule has 0 saturated carbocycles. The number of nitrogens with one attached hydrogen (secondary N) is 6. The number of aliphatic carboxylic acids is 1. The lowest BCUT2D eigenvalue weighted by Crippen LogP contribution is -2.29. The highest BCUT2D eigenvalue weighted by Gasteiger charge is 2.16. The van der Waals surface area contributed by atoms with E-state index in [0.717, 1.165) is 61.0 Å². The van der Waals surface area contributed by atoms with Gasteiger partial charge in [-0.1, -0.05) is 34.5 Å². The Balaban J connectivity index is 0.000000219. The van der Waals surface area contributed by atoms with E-state index >= 15 is 0 Å². The standard InChI is InChI=1S/C17H18FIN2O.C16H16BrIN2O2.C16H14ClIN2O3/c1-3-8-20-17(22)14-6-4-12(18)10-16(14)21-15-7-5-13(19)9-11(15)2;1-10-8-12(18)3-5-14(10)20-15-4-2-11(17)9-13(15)16(22)19-6-7-21;1-9-6-11(18)3-5-13(9)20-14-4-2-10(17)7-12(14)16(23)19-8-15(21)22/h4-7,9-10,21H,3,8H2,1-2H3,(H,20,22);2-5,8-9,20-21H,6-7H2,1H3,(H,19,22);2-7,20H,8H2,1H3,(H,19,23)(H,21,22). The second kappa shape index (κ2) is 27.4. The molecule has 0 aliphatic heterocycles.